The van der Waals surface area contributed by atoms with Crippen LogP contribution < -0.4 is 10.5 Å². The van der Waals surface area contributed by atoms with Gasteiger partial charge in [0, 0.05) is 23.7 Å². The summed E-state index contributed by atoms with van der Waals surface area (Å²) < 4.78 is 5.50. The quantitative estimate of drug-likeness (QED) is 0.868. The molecule has 0 spiro atoms. The van der Waals surface area contributed by atoms with E-state index < -0.39 is 0 Å². The van der Waals surface area contributed by atoms with Gasteiger partial charge in [-0.25, -0.2) is 0 Å². The number of likely N-dealkylation sites (tertiary alicyclic amines) is 1. The van der Waals surface area contributed by atoms with Crippen molar-refractivity contribution in [3.8, 4) is 17.6 Å². The van der Waals surface area contributed by atoms with Crippen LogP contribution in [0, 0.1) is 17.8 Å². The standard InChI is InChI=1S/C18H26N2O/c1-14-8-10-20(15(2)11-14)13-17-12-16(5-4-9-19)6-7-18(17)21-3/h6-7,12,14-15H,8-11,13,19H2,1-3H3. The van der Waals surface area contributed by atoms with Crippen molar-refractivity contribution in [2.24, 2.45) is 11.7 Å². The molecule has 1 fully saturated rings. The second-order valence-corrected chi connectivity index (χ2v) is 5.98. The molecule has 1 aliphatic heterocycles. The summed E-state index contributed by atoms with van der Waals surface area (Å²) in [6.07, 6.45) is 2.55. The van der Waals surface area contributed by atoms with Gasteiger partial charge in [-0.3, -0.25) is 4.90 Å². The molecule has 1 aliphatic rings. The summed E-state index contributed by atoms with van der Waals surface area (Å²) in [5.74, 6) is 7.79. The van der Waals surface area contributed by atoms with Crippen molar-refractivity contribution >= 4 is 0 Å². The molecule has 2 rings (SSSR count). The topological polar surface area (TPSA) is 38.5 Å². The maximum atomic E-state index is 5.50. The molecular weight excluding hydrogens is 260 g/mol. The van der Waals surface area contributed by atoms with Gasteiger partial charge in [0.05, 0.1) is 13.7 Å². The van der Waals surface area contributed by atoms with Gasteiger partial charge in [-0.2, -0.15) is 0 Å². The molecule has 2 unspecified atom stereocenters. The highest BCUT2D eigenvalue weighted by Gasteiger charge is 2.23. The first kappa shape index (κ1) is 15.9. The molecule has 114 valence electrons. The van der Waals surface area contributed by atoms with E-state index in [1.807, 2.05) is 12.1 Å². The fraction of sp³-hybridized carbons (Fsp3) is 0.556. The Labute approximate surface area is 128 Å². The van der Waals surface area contributed by atoms with Crippen LogP contribution in [0.4, 0.5) is 0 Å². The Morgan fingerprint density at radius 3 is 2.86 bits per heavy atom. The largest absolute Gasteiger partial charge is 0.496 e. The maximum absolute atomic E-state index is 5.50. The Balaban J connectivity index is 2.17. The monoisotopic (exact) mass is 286 g/mol. The van der Waals surface area contributed by atoms with E-state index in [-0.39, 0.29) is 0 Å². The van der Waals surface area contributed by atoms with Crippen molar-refractivity contribution in [2.45, 2.75) is 39.3 Å². The molecule has 3 nitrogen and oxygen atoms in total. The van der Waals surface area contributed by atoms with Gasteiger partial charge in [-0.15, -0.1) is 0 Å². The van der Waals surface area contributed by atoms with Crippen LogP contribution in [0.5, 0.6) is 5.75 Å². The lowest BCUT2D eigenvalue weighted by atomic mass is 9.93. The van der Waals surface area contributed by atoms with Crippen molar-refractivity contribution in [1.29, 1.82) is 0 Å². The predicted molar refractivity (Wildman–Crippen MR) is 87.2 cm³/mol. The van der Waals surface area contributed by atoms with E-state index in [4.69, 9.17) is 10.5 Å². The first-order valence-corrected chi connectivity index (χ1v) is 7.74. The Morgan fingerprint density at radius 2 is 2.19 bits per heavy atom. The summed E-state index contributed by atoms with van der Waals surface area (Å²) in [6.45, 7) is 7.14. The lowest BCUT2D eigenvalue weighted by Crippen LogP contribution is -2.39. The Morgan fingerprint density at radius 1 is 1.38 bits per heavy atom. The van der Waals surface area contributed by atoms with Crippen LogP contribution in [0.1, 0.15) is 37.8 Å². The van der Waals surface area contributed by atoms with E-state index in [0.717, 1.165) is 30.3 Å². The molecule has 0 amide bonds. The predicted octanol–water partition coefficient (Wildman–Crippen LogP) is 2.63. The third-order valence-corrected chi connectivity index (χ3v) is 4.26. The minimum absolute atomic E-state index is 0.391. The Hall–Kier alpha value is -1.50. The van der Waals surface area contributed by atoms with Gasteiger partial charge in [0.25, 0.3) is 0 Å². The molecule has 0 aliphatic carbocycles. The molecule has 0 bridgehead atoms. The third kappa shape index (κ3) is 4.23. The highest BCUT2D eigenvalue weighted by Crippen LogP contribution is 2.27. The first-order valence-electron chi connectivity index (χ1n) is 7.74. The van der Waals surface area contributed by atoms with E-state index in [1.54, 1.807) is 7.11 Å². The number of ether oxygens (including phenoxy) is 1. The number of nitrogens with two attached hydrogens (primary N) is 1. The molecule has 1 aromatic carbocycles. The van der Waals surface area contributed by atoms with Crippen LogP contribution in [0.15, 0.2) is 18.2 Å². The molecule has 1 aromatic rings. The zero-order chi connectivity index (χ0) is 15.2. The average molecular weight is 286 g/mol. The average Bonchev–Trinajstić information content (AvgIpc) is 2.48. The van der Waals surface area contributed by atoms with E-state index in [1.165, 1.54) is 18.4 Å². The Bertz CT molecular complexity index is 530. The fourth-order valence-electron chi connectivity index (χ4n) is 3.04. The van der Waals surface area contributed by atoms with Crippen LogP contribution in [0.25, 0.3) is 0 Å². The molecule has 3 heteroatoms. The van der Waals surface area contributed by atoms with Gasteiger partial charge in [0.2, 0.25) is 0 Å². The van der Waals surface area contributed by atoms with Gasteiger partial charge >= 0.3 is 0 Å². The molecule has 2 N–H and O–H groups in total. The molecule has 0 saturated carbocycles. The van der Waals surface area contributed by atoms with Crippen LogP contribution in [0.3, 0.4) is 0 Å². The summed E-state index contributed by atoms with van der Waals surface area (Å²) in [5, 5.41) is 0. The lowest BCUT2D eigenvalue weighted by molar-refractivity contribution is 0.121. The van der Waals surface area contributed by atoms with E-state index in [2.05, 4.69) is 36.7 Å². The van der Waals surface area contributed by atoms with Gasteiger partial charge in [-0.05, 0) is 50.4 Å². The summed E-state index contributed by atoms with van der Waals surface area (Å²) in [7, 11) is 1.73. The number of benzene rings is 1. The minimum atomic E-state index is 0.391. The molecule has 1 heterocycles. The van der Waals surface area contributed by atoms with Crippen LogP contribution in [-0.2, 0) is 6.54 Å². The highest BCUT2D eigenvalue weighted by molar-refractivity contribution is 5.44. The number of piperidine rings is 1. The zero-order valence-corrected chi connectivity index (χ0v) is 13.4. The van der Waals surface area contributed by atoms with E-state index >= 15 is 0 Å². The summed E-state index contributed by atoms with van der Waals surface area (Å²) in [6, 6.07) is 6.75. The zero-order valence-electron chi connectivity index (χ0n) is 13.4. The first-order chi connectivity index (χ1) is 10.1. The number of nitrogens with zero attached hydrogens (tertiary/aromatic N) is 1. The van der Waals surface area contributed by atoms with Crippen LogP contribution >= 0.6 is 0 Å². The van der Waals surface area contributed by atoms with Crippen molar-refractivity contribution in [3.63, 3.8) is 0 Å². The number of hydrogen-bond donors (Lipinski definition) is 1. The summed E-state index contributed by atoms with van der Waals surface area (Å²) in [5.41, 5.74) is 7.66. The fourth-order valence-corrected chi connectivity index (χ4v) is 3.04. The van der Waals surface area contributed by atoms with Gasteiger partial charge in [0.15, 0.2) is 0 Å². The third-order valence-electron chi connectivity index (χ3n) is 4.26. The summed E-state index contributed by atoms with van der Waals surface area (Å²) >= 11 is 0. The lowest BCUT2D eigenvalue weighted by Gasteiger charge is -2.36. The Kier molecular flexibility index (Phi) is 5.67. The van der Waals surface area contributed by atoms with Crippen LogP contribution in [-0.4, -0.2) is 31.1 Å². The van der Waals surface area contributed by atoms with Gasteiger partial charge in [-0.1, -0.05) is 18.8 Å². The SMILES string of the molecule is COc1ccc(C#CCN)cc1CN1CCC(C)CC1C. The molecule has 2 atom stereocenters. The molecule has 21 heavy (non-hydrogen) atoms. The smallest absolute Gasteiger partial charge is 0.123 e. The highest BCUT2D eigenvalue weighted by atomic mass is 16.5. The van der Waals surface area contributed by atoms with Crippen LogP contribution in [0.2, 0.25) is 0 Å². The number of hydrogen-bond acceptors (Lipinski definition) is 3. The molecule has 1 saturated heterocycles. The molecule has 0 aromatic heterocycles. The maximum Gasteiger partial charge on any atom is 0.123 e. The van der Waals surface area contributed by atoms with Gasteiger partial charge in [0.1, 0.15) is 5.75 Å². The van der Waals surface area contributed by atoms with Crippen molar-refractivity contribution in [1.82, 2.24) is 4.90 Å². The normalized spacial score (nSPS) is 22.5. The second-order valence-electron chi connectivity index (χ2n) is 5.98. The molecule has 0 radical (unpaired) electrons. The summed E-state index contributed by atoms with van der Waals surface area (Å²) in [4.78, 5) is 2.54. The minimum Gasteiger partial charge on any atom is -0.496 e. The van der Waals surface area contributed by atoms with Crippen molar-refractivity contribution in [3.05, 3.63) is 29.3 Å². The number of rotatable bonds is 3. The van der Waals surface area contributed by atoms with Crippen molar-refractivity contribution in [2.75, 3.05) is 20.2 Å². The van der Waals surface area contributed by atoms with Gasteiger partial charge < -0.3 is 10.5 Å². The van der Waals surface area contributed by atoms with Crippen molar-refractivity contribution < 1.29 is 4.74 Å². The molecular formula is C18H26N2O. The van der Waals surface area contributed by atoms with E-state index in [9.17, 15) is 0 Å². The number of methoxy groups -OCH3 is 1. The van der Waals surface area contributed by atoms with E-state index in [0.29, 0.717) is 12.6 Å². The second kappa shape index (κ2) is 7.49.